The van der Waals surface area contributed by atoms with Crippen molar-refractivity contribution in [3.05, 3.63) is 0 Å². The standard InChI is InChI=1S/C9H15NO2/c1-7(11)9(8(10)12)5-3-2-4-6-9/h2-6H2,1H3,(H2,10,12). The summed E-state index contributed by atoms with van der Waals surface area (Å²) in [5.41, 5.74) is 4.42. The molecule has 1 saturated carbocycles. The van der Waals surface area contributed by atoms with Crippen LogP contribution < -0.4 is 5.73 Å². The molecule has 0 saturated heterocycles. The Morgan fingerprint density at radius 1 is 1.17 bits per heavy atom. The highest BCUT2D eigenvalue weighted by Crippen LogP contribution is 2.36. The molecular formula is C9H15NO2. The van der Waals surface area contributed by atoms with E-state index in [0.717, 1.165) is 19.3 Å². The van der Waals surface area contributed by atoms with E-state index in [9.17, 15) is 9.59 Å². The van der Waals surface area contributed by atoms with Gasteiger partial charge >= 0.3 is 0 Å². The van der Waals surface area contributed by atoms with Crippen molar-refractivity contribution in [3.63, 3.8) is 0 Å². The number of rotatable bonds is 2. The molecule has 1 amide bonds. The summed E-state index contributed by atoms with van der Waals surface area (Å²) < 4.78 is 0. The molecule has 3 nitrogen and oxygen atoms in total. The molecule has 0 unspecified atom stereocenters. The van der Waals surface area contributed by atoms with Gasteiger partial charge in [-0.15, -0.1) is 0 Å². The minimum absolute atomic E-state index is 0.0605. The van der Waals surface area contributed by atoms with Crippen LogP contribution in [0.4, 0.5) is 0 Å². The summed E-state index contributed by atoms with van der Waals surface area (Å²) in [5.74, 6) is -0.496. The first kappa shape index (κ1) is 9.23. The van der Waals surface area contributed by atoms with E-state index in [0.29, 0.717) is 12.8 Å². The summed E-state index contributed by atoms with van der Waals surface area (Å²) in [5, 5.41) is 0. The number of hydrogen-bond donors (Lipinski definition) is 1. The second-order valence-corrected chi connectivity index (χ2v) is 3.56. The van der Waals surface area contributed by atoms with E-state index in [-0.39, 0.29) is 5.78 Å². The molecule has 0 radical (unpaired) electrons. The van der Waals surface area contributed by atoms with Gasteiger partial charge in [-0.05, 0) is 19.8 Å². The molecule has 1 fully saturated rings. The van der Waals surface area contributed by atoms with Gasteiger partial charge in [-0.1, -0.05) is 19.3 Å². The molecule has 2 N–H and O–H groups in total. The third-order valence-corrected chi connectivity index (χ3v) is 2.85. The van der Waals surface area contributed by atoms with Gasteiger partial charge in [-0.3, -0.25) is 9.59 Å². The summed E-state index contributed by atoms with van der Waals surface area (Å²) in [7, 11) is 0. The third-order valence-electron chi connectivity index (χ3n) is 2.85. The second-order valence-electron chi connectivity index (χ2n) is 3.56. The van der Waals surface area contributed by atoms with E-state index >= 15 is 0 Å². The molecular weight excluding hydrogens is 154 g/mol. The maximum absolute atomic E-state index is 11.3. The molecule has 0 aromatic heterocycles. The van der Waals surface area contributed by atoms with Crippen molar-refractivity contribution in [2.24, 2.45) is 11.1 Å². The lowest BCUT2D eigenvalue weighted by Crippen LogP contribution is -2.44. The predicted molar refractivity (Wildman–Crippen MR) is 45.4 cm³/mol. The van der Waals surface area contributed by atoms with Gasteiger partial charge in [0, 0.05) is 0 Å². The molecule has 1 aliphatic rings. The van der Waals surface area contributed by atoms with Crippen molar-refractivity contribution in [1.82, 2.24) is 0 Å². The number of primary amides is 1. The summed E-state index contributed by atoms with van der Waals surface area (Å²) >= 11 is 0. The highest BCUT2D eigenvalue weighted by atomic mass is 16.2. The Morgan fingerprint density at radius 3 is 1.92 bits per heavy atom. The van der Waals surface area contributed by atoms with Gasteiger partial charge in [0.05, 0.1) is 0 Å². The van der Waals surface area contributed by atoms with Gasteiger partial charge < -0.3 is 5.73 Å². The number of Topliss-reactive ketones (excluding diaryl/α,β-unsaturated/α-hetero) is 1. The zero-order valence-electron chi connectivity index (χ0n) is 7.43. The van der Waals surface area contributed by atoms with Gasteiger partial charge in [0.25, 0.3) is 0 Å². The van der Waals surface area contributed by atoms with E-state index in [1.54, 1.807) is 0 Å². The Hall–Kier alpha value is -0.860. The van der Waals surface area contributed by atoms with Crippen LogP contribution in [-0.4, -0.2) is 11.7 Å². The Labute approximate surface area is 72.3 Å². The quantitative estimate of drug-likeness (QED) is 0.627. The molecule has 3 heteroatoms. The Kier molecular flexibility index (Phi) is 2.50. The van der Waals surface area contributed by atoms with E-state index < -0.39 is 11.3 Å². The summed E-state index contributed by atoms with van der Waals surface area (Å²) in [4.78, 5) is 22.4. The van der Waals surface area contributed by atoms with Gasteiger partial charge in [0.1, 0.15) is 11.2 Å². The highest BCUT2D eigenvalue weighted by Gasteiger charge is 2.42. The first-order chi connectivity index (χ1) is 5.59. The lowest BCUT2D eigenvalue weighted by atomic mass is 9.71. The summed E-state index contributed by atoms with van der Waals surface area (Å²) in [6.07, 6.45) is 4.31. The van der Waals surface area contributed by atoms with Gasteiger partial charge in [0.15, 0.2) is 0 Å². The number of ketones is 1. The highest BCUT2D eigenvalue weighted by molar-refractivity contribution is 6.04. The summed E-state index contributed by atoms with van der Waals surface area (Å²) in [6.45, 7) is 1.47. The van der Waals surface area contributed by atoms with Crippen LogP contribution in [0.15, 0.2) is 0 Å². The van der Waals surface area contributed by atoms with Gasteiger partial charge in [-0.2, -0.15) is 0 Å². The molecule has 0 aliphatic heterocycles. The molecule has 1 rings (SSSR count). The topological polar surface area (TPSA) is 60.2 Å². The average Bonchev–Trinajstić information content (AvgIpc) is 2.05. The fourth-order valence-electron chi connectivity index (χ4n) is 1.93. The Bertz CT molecular complexity index is 189. The molecule has 0 aromatic carbocycles. The largest absolute Gasteiger partial charge is 0.369 e. The third kappa shape index (κ3) is 1.36. The predicted octanol–water partition coefficient (Wildman–Crippen LogP) is 1.01. The molecule has 12 heavy (non-hydrogen) atoms. The van der Waals surface area contributed by atoms with Crippen molar-refractivity contribution >= 4 is 11.7 Å². The van der Waals surface area contributed by atoms with Gasteiger partial charge in [-0.25, -0.2) is 0 Å². The van der Waals surface area contributed by atoms with Crippen LogP contribution in [0.3, 0.4) is 0 Å². The van der Waals surface area contributed by atoms with E-state index in [1.807, 2.05) is 0 Å². The lowest BCUT2D eigenvalue weighted by molar-refractivity contribution is -0.141. The molecule has 68 valence electrons. The van der Waals surface area contributed by atoms with E-state index in [2.05, 4.69) is 0 Å². The monoisotopic (exact) mass is 169 g/mol. The number of amides is 1. The van der Waals surface area contributed by atoms with Crippen LogP contribution in [0.1, 0.15) is 39.0 Å². The van der Waals surface area contributed by atoms with Crippen LogP contribution in [0.2, 0.25) is 0 Å². The summed E-state index contributed by atoms with van der Waals surface area (Å²) in [6, 6.07) is 0. The van der Waals surface area contributed by atoms with E-state index in [1.165, 1.54) is 6.92 Å². The lowest BCUT2D eigenvalue weighted by Gasteiger charge is -2.31. The van der Waals surface area contributed by atoms with Crippen molar-refractivity contribution in [2.75, 3.05) is 0 Å². The molecule has 0 bridgehead atoms. The zero-order valence-corrected chi connectivity index (χ0v) is 7.43. The Morgan fingerprint density at radius 2 is 1.67 bits per heavy atom. The maximum atomic E-state index is 11.3. The number of carbonyl (C=O) groups excluding carboxylic acids is 2. The van der Waals surface area contributed by atoms with Crippen molar-refractivity contribution < 1.29 is 9.59 Å². The van der Waals surface area contributed by atoms with Crippen LogP contribution in [0.5, 0.6) is 0 Å². The van der Waals surface area contributed by atoms with Crippen LogP contribution >= 0.6 is 0 Å². The van der Waals surface area contributed by atoms with Crippen LogP contribution in [0, 0.1) is 5.41 Å². The molecule has 0 spiro atoms. The van der Waals surface area contributed by atoms with E-state index in [4.69, 9.17) is 5.73 Å². The number of hydrogen-bond acceptors (Lipinski definition) is 2. The van der Waals surface area contributed by atoms with Crippen molar-refractivity contribution in [2.45, 2.75) is 39.0 Å². The zero-order chi connectivity index (χ0) is 9.19. The van der Waals surface area contributed by atoms with Crippen LogP contribution in [-0.2, 0) is 9.59 Å². The van der Waals surface area contributed by atoms with Gasteiger partial charge in [0.2, 0.25) is 5.91 Å². The first-order valence-electron chi connectivity index (χ1n) is 4.40. The number of carbonyl (C=O) groups is 2. The normalized spacial score (nSPS) is 21.8. The minimum Gasteiger partial charge on any atom is -0.369 e. The number of nitrogens with two attached hydrogens (primary N) is 1. The SMILES string of the molecule is CC(=O)C1(C(N)=O)CCCCC1. The Balaban J connectivity index is 2.84. The molecule has 0 aromatic rings. The fraction of sp³-hybridized carbons (Fsp3) is 0.778. The molecule has 0 atom stereocenters. The molecule has 1 aliphatic carbocycles. The van der Waals surface area contributed by atoms with Crippen molar-refractivity contribution in [3.8, 4) is 0 Å². The first-order valence-corrected chi connectivity index (χ1v) is 4.40. The molecule has 0 heterocycles. The smallest absolute Gasteiger partial charge is 0.231 e. The fourth-order valence-corrected chi connectivity index (χ4v) is 1.93. The average molecular weight is 169 g/mol. The minimum atomic E-state index is -0.821. The van der Waals surface area contributed by atoms with Crippen LogP contribution in [0.25, 0.3) is 0 Å². The second kappa shape index (κ2) is 3.25. The van der Waals surface area contributed by atoms with Crippen molar-refractivity contribution in [1.29, 1.82) is 0 Å². The maximum Gasteiger partial charge on any atom is 0.231 e.